The zero-order chi connectivity index (χ0) is 53.3. The molecule has 0 aliphatic carbocycles. The molecule has 2 heterocycles. The Morgan fingerprint density at radius 3 is 2.10 bits per heavy atom. The fraction of sp³-hybridized carbons (Fsp3) is 0.400. The molecule has 5 amide bonds. The Kier molecular flexibility index (Phi) is 21.9. The minimum Gasteiger partial charge on any atom is -0.494 e. The summed E-state index contributed by atoms with van der Waals surface area (Å²) in [4.78, 5) is 93.7. The summed E-state index contributed by atoms with van der Waals surface area (Å²) < 4.78 is 93.8. The standard InChI is InChI=1S/C39H50N10O14S3.CH4O3S/c1-22-13-25(63-12-4-5-31(50)40-8-9-41-32(51)18-45-37(55)29(21-65(58,59)60)47-33(52)20-64)14-23(2)35(22)66(61,62)48-28(38(56)57)17-44-36(54)27-19-49(3)30-15-24(6-7-26(30)34(27)53)16-46-39-42-10-11-43-39;1-5(2,3)4/h6-7,10-11,13-15,19,28-29,48,64H,4-5,8-9,12,16-18,20-21H2,1-3H3,(H,40,50)(H,41,51)(H,44,54)(H,45,55)(H,47,52)(H,56,57)(H2,42,43,46)(H,58,59,60);1H3,(H,2,3,4). The predicted octanol–water partition coefficient (Wildman–Crippen LogP) is -2.03. The number of rotatable bonds is 25. The number of ether oxygens (including phenoxy) is 1. The first-order valence-electron chi connectivity index (χ1n) is 20.8. The van der Waals surface area contributed by atoms with Gasteiger partial charge in [0, 0.05) is 63.6 Å². The van der Waals surface area contributed by atoms with Crippen molar-refractivity contribution in [1.29, 1.82) is 0 Å². The van der Waals surface area contributed by atoms with E-state index in [4.69, 9.17) is 13.8 Å². The number of H-pyrrole nitrogens is 1. The highest BCUT2D eigenvalue weighted by Crippen LogP contribution is 2.26. The van der Waals surface area contributed by atoms with Crippen molar-refractivity contribution >= 4 is 95.2 Å². The number of aliphatic carboxylic acids is 1. The molecule has 31 heteroatoms. The highest BCUT2D eigenvalue weighted by molar-refractivity contribution is 7.89. The predicted molar refractivity (Wildman–Crippen MR) is 259 cm³/mol. The first kappa shape index (κ1) is 58.7. The molecular formula is C40H54N10O17S4. The number of carboxylic acid groups (broad SMARTS) is 1. The zero-order valence-corrected chi connectivity index (χ0v) is 41.8. The van der Waals surface area contributed by atoms with Gasteiger partial charge in [-0.3, -0.25) is 42.7 Å². The van der Waals surface area contributed by atoms with E-state index in [1.807, 2.05) is 0 Å². The number of hydrogen-bond acceptors (Lipinski definition) is 17. The second-order valence-corrected chi connectivity index (χ2v) is 20.3. The van der Waals surface area contributed by atoms with Crippen LogP contribution in [-0.2, 0) is 67.8 Å². The SMILES string of the molecule is CS(=O)(=O)O.Cc1cc(OCCCC(=O)NCCNC(=O)CNC(=O)C(CS(=O)(=O)O)NC(=O)CS)cc(C)c1S(=O)(=O)NC(CNC(=O)c1cn(C)c2cc(CNc3ncc[nH]3)ccc2c1=O)C(=O)O. The van der Waals surface area contributed by atoms with Crippen LogP contribution < -0.4 is 46.8 Å². The summed E-state index contributed by atoms with van der Waals surface area (Å²) in [5, 5.41) is 24.8. The van der Waals surface area contributed by atoms with Crippen LogP contribution in [0.4, 0.5) is 5.95 Å². The van der Waals surface area contributed by atoms with E-state index in [9.17, 15) is 63.9 Å². The quantitative estimate of drug-likeness (QED) is 0.0193. The molecule has 0 saturated heterocycles. The van der Waals surface area contributed by atoms with E-state index in [1.165, 1.54) is 32.2 Å². The number of carbonyl (C=O) groups is 6. The normalized spacial score (nSPS) is 12.3. The lowest BCUT2D eigenvalue weighted by Crippen LogP contribution is -2.52. The fourth-order valence-electron chi connectivity index (χ4n) is 6.38. The number of fused-ring (bicyclic) bond motifs is 1. The van der Waals surface area contributed by atoms with Crippen molar-refractivity contribution in [1.82, 2.24) is 45.8 Å². The maximum absolute atomic E-state index is 13.5. The van der Waals surface area contributed by atoms with Gasteiger partial charge in [0.05, 0.1) is 35.6 Å². The molecule has 0 fully saturated rings. The van der Waals surface area contributed by atoms with E-state index in [0.29, 0.717) is 24.3 Å². The smallest absolute Gasteiger partial charge is 0.323 e. The van der Waals surface area contributed by atoms with Crippen LogP contribution in [0, 0.1) is 13.8 Å². The van der Waals surface area contributed by atoms with Crippen molar-refractivity contribution in [2.45, 2.75) is 50.2 Å². The monoisotopic (exact) mass is 1070 g/mol. The molecule has 0 radical (unpaired) electrons. The molecule has 0 saturated carbocycles. The molecule has 71 heavy (non-hydrogen) atoms. The second kappa shape index (κ2) is 26.5. The summed E-state index contributed by atoms with van der Waals surface area (Å²) >= 11 is 3.71. The van der Waals surface area contributed by atoms with Gasteiger partial charge >= 0.3 is 5.97 Å². The number of aryl methyl sites for hydroxylation is 3. The lowest BCUT2D eigenvalue weighted by Gasteiger charge is -2.19. The minimum atomic E-state index is -4.65. The largest absolute Gasteiger partial charge is 0.494 e. The number of imidazole rings is 1. The molecule has 2 aromatic carbocycles. The van der Waals surface area contributed by atoms with Crippen LogP contribution in [0.3, 0.4) is 0 Å². The van der Waals surface area contributed by atoms with Crippen LogP contribution in [0.5, 0.6) is 5.75 Å². The van der Waals surface area contributed by atoms with Crippen LogP contribution >= 0.6 is 12.6 Å². The topological polar surface area (TPSA) is 410 Å². The van der Waals surface area contributed by atoms with Gasteiger partial charge in [-0.1, -0.05) is 6.07 Å². The van der Waals surface area contributed by atoms with Crippen molar-refractivity contribution in [3.05, 3.63) is 81.4 Å². The molecule has 0 bridgehead atoms. The average Bonchev–Trinajstić information content (AvgIpc) is 3.80. The van der Waals surface area contributed by atoms with E-state index in [2.05, 4.69) is 59.2 Å². The molecule has 2 unspecified atom stereocenters. The van der Waals surface area contributed by atoms with E-state index < -0.39 is 96.2 Å². The van der Waals surface area contributed by atoms with Crippen molar-refractivity contribution in [3.63, 3.8) is 0 Å². The number of thiol groups is 1. The van der Waals surface area contributed by atoms with Crippen molar-refractivity contribution in [3.8, 4) is 5.75 Å². The van der Waals surface area contributed by atoms with E-state index in [-0.39, 0.29) is 76.9 Å². The van der Waals surface area contributed by atoms with Gasteiger partial charge in [0.1, 0.15) is 29.1 Å². The molecular weight excluding hydrogens is 1020 g/mol. The van der Waals surface area contributed by atoms with Crippen molar-refractivity contribution < 1.29 is 73.0 Å². The maximum atomic E-state index is 13.5. The number of hydrogen-bond donors (Lipinski definition) is 12. The highest BCUT2D eigenvalue weighted by Gasteiger charge is 2.30. The first-order valence-corrected chi connectivity index (χ1v) is 26.4. The number of aromatic amines is 1. The number of pyridine rings is 1. The number of nitrogens with zero attached hydrogens (tertiary/aromatic N) is 2. The van der Waals surface area contributed by atoms with Crippen LogP contribution in [0.1, 0.15) is 39.9 Å². The molecule has 0 spiro atoms. The Balaban J connectivity index is 0.00000253. The van der Waals surface area contributed by atoms with Gasteiger partial charge in [0.25, 0.3) is 26.1 Å². The summed E-state index contributed by atoms with van der Waals surface area (Å²) in [7, 11) is -11.2. The van der Waals surface area contributed by atoms with Gasteiger partial charge in [-0.15, -0.1) is 0 Å². The Hall–Kier alpha value is -6.64. The molecule has 0 aliphatic heterocycles. The molecule has 11 N–H and O–H groups in total. The summed E-state index contributed by atoms with van der Waals surface area (Å²) in [5.41, 5.74) is 0.908. The molecule has 0 aliphatic rings. The highest BCUT2D eigenvalue weighted by atomic mass is 32.2. The van der Waals surface area contributed by atoms with Crippen LogP contribution in [0.15, 0.2) is 58.6 Å². The van der Waals surface area contributed by atoms with E-state index in [1.54, 1.807) is 42.2 Å². The summed E-state index contributed by atoms with van der Waals surface area (Å²) in [6, 6.07) is 4.42. The maximum Gasteiger partial charge on any atom is 0.323 e. The first-order chi connectivity index (χ1) is 33.1. The summed E-state index contributed by atoms with van der Waals surface area (Å²) in [5.74, 6) is -6.05. The van der Waals surface area contributed by atoms with E-state index >= 15 is 0 Å². The number of nitrogens with one attached hydrogen (secondary N) is 8. The van der Waals surface area contributed by atoms with Gasteiger partial charge in [0.2, 0.25) is 39.1 Å². The van der Waals surface area contributed by atoms with Gasteiger partial charge in [0.15, 0.2) is 5.95 Å². The van der Waals surface area contributed by atoms with Crippen LogP contribution in [0.2, 0.25) is 0 Å². The van der Waals surface area contributed by atoms with Crippen LogP contribution in [0.25, 0.3) is 10.9 Å². The Labute approximate surface area is 412 Å². The number of anilines is 1. The number of amides is 5. The third-order valence-electron chi connectivity index (χ3n) is 9.40. The number of aromatic nitrogens is 3. The van der Waals surface area contributed by atoms with E-state index in [0.717, 1.165) is 5.56 Å². The molecule has 2 atom stereocenters. The lowest BCUT2D eigenvalue weighted by atomic mass is 10.1. The fourth-order valence-corrected chi connectivity index (χ4v) is 8.77. The van der Waals surface area contributed by atoms with Gasteiger partial charge in [-0.25, -0.2) is 13.4 Å². The second-order valence-electron chi connectivity index (χ2n) is 15.4. The van der Waals surface area contributed by atoms with Crippen LogP contribution in [-0.4, -0.2) is 152 Å². The third-order valence-corrected chi connectivity index (χ3v) is 12.2. The number of sulfonamides is 1. The Bertz CT molecular complexity index is 2960. The molecule has 4 aromatic rings. The molecule has 4 rings (SSSR count). The Morgan fingerprint density at radius 2 is 1.52 bits per heavy atom. The van der Waals surface area contributed by atoms with Gasteiger partial charge < -0.3 is 51.3 Å². The molecule has 2 aromatic heterocycles. The zero-order valence-electron chi connectivity index (χ0n) is 38.5. The summed E-state index contributed by atoms with van der Waals surface area (Å²) in [6.07, 6.45) is 5.54. The number of carbonyl (C=O) groups excluding carboxylic acids is 5. The summed E-state index contributed by atoms with van der Waals surface area (Å²) in [6.45, 7) is 2.09. The van der Waals surface area contributed by atoms with Crippen molar-refractivity contribution in [2.24, 2.45) is 7.05 Å². The average molecular weight is 1080 g/mol. The van der Waals surface area contributed by atoms with Crippen molar-refractivity contribution in [2.75, 3.05) is 55.9 Å². The van der Waals surface area contributed by atoms with Gasteiger partial charge in [-0.2, -0.15) is 34.2 Å². The molecule has 27 nitrogen and oxygen atoms in total. The molecule has 390 valence electrons. The minimum absolute atomic E-state index is 0.0125. The Morgan fingerprint density at radius 1 is 0.887 bits per heavy atom. The number of carboxylic acids is 1. The third kappa shape index (κ3) is 20.3. The lowest BCUT2D eigenvalue weighted by molar-refractivity contribution is -0.138. The number of benzene rings is 2. The van der Waals surface area contributed by atoms with Gasteiger partial charge in [-0.05, 0) is 61.2 Å².